The normalized spacial score (nSPS) is 13.4. The number of carbonyl (C=O) groups is 3. The average molecular weight is 324 g/mol. The van der Waals surface area contributed by atoms with Crippen molar-refractivity contribution in [2.45, 2.75) is 0 Å². The first kappa shape index (κ1) is 16.2. The summed E-state index contributed by atoms with van der Waals surface area (Å²) in [5.74, 6) is -1.63. The summed E-state index contributed by atoms with van der Waals surface area (Å²) >= 11 is 0. The van der Waals surface area contributed by atoms with E-state index in [1.54, 1.807) is 0 Å². The van der Waals surface area contributed by atoms with E-state index in [1.807, 2.05) is 0 Å². The number of cyclic esters (lactones) is 1. The highest BCUT2D eigenvalue weighted by molar-refractivity contribution is 5.94. The molecule has 1 aliphatic heterocycles. The Labute approximate surface area is 129 Å². The molecule has 0 N–H and O–H groups in total. The van der Waals surface area contributed by atoms with Gasteiger partial charge in [-0.25, -0.2) is 14.5 Å². The zero-order valence-electron chi connectivity index (χ0n) is 12.0. The van der Waals surface area contributed by atoms with Crippen molar-refractivity contribution in [2.75, 3.05) is 26.9 Å². The largest absolute Gasteiger partial charge is 0.477 e. The Balaban J connectivity index is 2.13. The third kappa shape index (κ3) is 3.54. The first-order valence-corrected chi connectivity index (χ1v) is 6.40. The predicted molar refractivity (Wildman–Crippen MR) is 73.0 cm³/mol. The highest BCUT2D eigenvalue weighted by atomic mass is 16.6. The maximum atomic E-state index is 11.8. The van der Waals surface area contributed by atoms with Crippen LogP contribution in [0.5, 0.6) is 5.75 Å². The number of esters is 1. The molecule has 122 valence electrons. The summed E-state index contributed by atoms with van der Waals surface area (Å²) in [7, 11) is 1.15. The second-order valence-corrected chi connectivity index (χ2v) is 4.38. The number of carbonyl (C=O) groups excluding carboxylic acids is 3. The zero-order valence-corrected chi connectivity index (χ0v) is 12.0. The van der Waals surface area contributed by atoms with Gasteiger partial charge >= 0.3 is 17.7 Å². The number of nitrogens with zero attached hydrogens (tertiary/aromatic N) is 2. The first-order valence-electron chi connectivity index (χ1n) is 6.40. The quantitative estimate of drug-likeness (QED) is 0.441. The van der Waals surface area contributed by atoms with E-state index in [4.69, 9.17) is 4.74 Å². The number of amides is 2. The molecule has 23 heavy (non-hydrogen) atoms. The molecule has 0 bridgehead atoms. The lowest BCUT2D eigenvalue weighted by molar-refractivity contribution is -0.385. The van der Waals surface area contributed by atoms with Gasteiger partial charge in [-0.3, -0.25) is 14.9 Å². The minimum absolute atomic E-state index is 0.0269. The molecule has 10 nitrogen and oxygen atoms in total. The lowest BCUT2D eigenvalue weighted by Crippen LogP contribution is -2.35. The van der Waals surface area contributed by atoms with Gasteiger partial charge in [0.2, 0.25) is 0 Å². The molecular formula is C13H12N2O8. The van der Waals surface area contributed by atoms with Crippen LogP contribution in [0, 0.1) is 10.1 Å². The number of nitro groups is 1. The van der Waals surface area contributed by atoms with Gasteiger partial charge in [0.15, 0.2) is 12.4 Å². The summed E-state index contributed by atoms with van der Waals surface area (Å²) in [4.78, 5) is 45.5. The molecule has 0 atom stereocenters. The van der Waals surface area contributed by atoms with E-state index in [0.29, 0.717) is 0 Å². The number of imide groups is 1. The van der Waals surface area contributed by atoms with Crippen LogP contribution in [0.25, 0.3) is 0 Å². The molecule has 1 heterocycles. The minimum atomic E-state index is -0.783. The van der Waals surface area contributed by atoms with Crippen molar-refractivity contribution in [1.29, 1.82) is 0 Å². The van der Waals surface area contributed by atoms with Crippen molar-refractivity contribution >= 4 is 23.7 Å². The molecule has 0 radical (unpaired) electrons. The molecule has 1 fully saturated rings. The number of rotatable bonds is 5. The first-order chi connectivity index (χ1) is 10.9. The monoisotopic (exact) mass is 324 g/mol. The van der Waals surface area contributed by atoms with Crippen molar-refractivity contribution in [1.82, 2.24) is 4.90 Å². The Kier molecular flexibility index (Phi) is 4.74. The lowest BCUT2D eigenvalue weighted by Gasteiger charge is -2.12. The molecule has 1 aromatic rings. The van der Waals surface area contributed by atoms with Crippen LogP contribution in [-0.2, 0) is 14.3 Å². The van der Waals surface area contributed by atoms with Crippen molar-refractivity contribution in [2.24, 2.45) is 0 Å². The summed E-state index contributed by atoms with van der Waals surface area (Å²) in [6.45, 7) is -0.379. The summed E-state index contributed by atoms with van der Waals surface area (Å²) < 4.78 is 14.2. The molecule has 10 heteroatoms. The summed E-state index contributed by atoms with van der Waals surface area (Å²) in [5, 5.41) is 11.0. The van der Waals surface area contributed by atoms with Crippen LogP contribution in [0.3, 0.4) is 0 Å². The van der Waals surface area contributed by atoms with Gasteiger partial charge in [-0.2, -0.15) is 0 Å². The molecule has 0 aliphatic carbocycles. The van der Waals surface area contributed by atoms with E-state index in [2.05, 4.69) is 9.47 Å². The number of hydrogen-bond acceptors (Lipinski definition) is 8. The van der Waals surface area contributed by atoms with Crippen molar-refractivity contribution in [3.8, 4) is 5.75 Å². The highest BCUT2D eigenvalue weighted by Gasteiger charge is 2.29. The third-order valence-electron chi connectivity index (χ3n) is 2.99. The maximum Gasteiger partial charge on any atom is 0.416 e. The Morgan fingerprint density at radius 1 is 1.43 bits per heavy atom. The summed E-state index contributed by atoms with van der Waals surface area (Å²) in [6.07, 6.45) is -0.783. The van der Waals surface area contributed by atoms with E-state index in [-0.39, 0.29) is 24.5 Å². The molecular weight excluding hydrogens is 312 g/mol. The second kappa shape index (κ2) is 6.73. The Morgan fingerprint density at radius 2 is 2.17 bits per heavy atom. The van der Waals surface area contributed by atoms with Gasteiger partial charge in [-0.1, -0.05) is 0 Å². The number of benzene rings is 1. The van der Waals surface area contributed by atoms with E-state index in [9.17, 15) is 24.5 Å². The SMILES string of the molecule is COC(=O)c1ccc(OCC(=O)N2CCOC2=O)c([N+](=O)[O-])c1. The molecule has 1 aliphatic rings. The van der Waals surface area contributed by atoms with Crippen molar-refractivity contribution in [3.63, 3.8) is 0 Å². The summed E-state index contributed by atoms with van der Waals surface area (Å²) in [5.41, 5.74) is -0.523. The molecule has 0 spiro atoms. The topological polar surface area (TPSA) is 125 Å². The van der Waals surface area contributed by atoms with Gasteiger partial charge in [-0.15, -0.1) is 0 Å². The molecule has 1 aromatic carbocycles. The van der Waals surface area contributed by atoms with Crippen LogP contribution in [0.4, 0.5) is 10.5 Å². The fraction of sp³-hybridized carbons (Fsp3) is 0.308. The van der Waals surface area contributed by atoms with E-state index in [1.165, 1.54) is 12.1 Å². The predicted octanol–water partition coefficient (Wildman–Crippen LogP) is 0.739. The van der Waals surface area contributed by atoms with Gasteiger partial charge in [0, 0.05) is 6.07 Å². The highest BCUT2D eigenvalue weighted by Crippen LogP contribution is 2.28. The molecule has 0 aromatic heterocycles. The second-order valence-electron chi connectivity index (χ2n) is 4.38. The summed E-state index contributed by atoms with van der Waals surface area (Å²) in [6, 6.07) is 3.43. The fourth-order valence-corrected chi connectivity index (χ4v) is 1.86. The number of hydrogen-bond donors (Lipinski definition) is 0. The smallest absolute Gasteiger partial charge is 0.416 e. The number of methoxy groups -OCH3 is 1. The standard InChI is InChI=1S/C13H12N2O8/c1-21-12(17)8-2-3-10(9(6-8)15(19)20)23-7-11(16)14-4-5-22-13(14)18/h2-3,6H,4-5,7H2,1H3. The molecule has 2 rings (SSSR count). The van der Waals surface area contributed by atoms with E-state index >= 15 is 0 Å². The van der Waals surface area contributed by atoms with Gasteiger partial charge in [0.05, 0.1) is 24.1 Å². The van der Waals surface area contributed by atoms with Crippen LogP contribution >= 0.6 is 0 Å². The van der Waals surface area contributed by atoms with Gasteiger partial charge in [-0.05, 0) is 12.1 Å². The van der Waals surface area contributed by atoms with Crippen molar-refractivity contribution < 1.29 is 33.5 Å². The lowest BCUT2D eigenvalue weighted by atomic mass is 10.2. The maximum absolute atomic E-state index is 11.8. The number of nitro benzene ring substituents is 1. The van der Waals surface area contributed by atoms with E-state index in [0.717, 1.165) is 18.1 Å². The van der Waals surface area contributed by atoms with Crippen LogP contribution in [0.15, 0.2) is 18.2 Å². The Bertz CT molecular complexity index is 672. The van der Waals surface area contributed by atoms with Crippen LogP contribution in [0.2, 0.25) is 0 Å². The van der Waals surface area contributed by atoms with Gasteiger partial charge in [0.1, 0.15) is 6.61 Å². The Hall–Kier alpha value is -3.17. The van der Waals surface area contributed by atoms with Crippen molar-refractivity contribution in [3.05, 3.63) is 33.9 Å². The molecule has 0 saturated carbocycles. The Morgan fingerprint density at radius 3 is 2.74 bits per heavy atom. The van der Waals surface area contributed by atoms with Gasteiger partial charge in [0.25, 0.3) is 5.91 Å². The van der Waals surface area contributed by atoms with Crippen LogP contribution < -0.4 is 4.74 Å². The molecule has 1 saturated heterocycles. The molecule has 2 amide bonds. The molecule has 0 unspecified atom stereocenters. The minimum Gasteiger partial charge on any atom is -0.477 e. The van der Waals surface area contributed by atoms with Gasteiger partial charge < -0.3 is 14.2 Å². The third-order valence-corrected chi connectivity index (χ3v) is 2.99. The average Bonchev–Trinajstić information content (AvgIpc) is 2.97. The van der Waals surface area contributed by atoms with Crippen LogP contribution in [0.1, 0.15) is 10.4 Å². The van der Waals surface area contributed by atoms with E-state index < -0.39 is 35.2 Å². The number of ether oxygens (including phenoxy) is 3. The fourth-order valence-electron chi connectivity index (χ4n) is 1.86. The van der Waals surface area contributed by atoms with Crippen LogP contribution in [-0.4, -0.2) is 54.7 Å². The zero-order chi connectivity index (χ0) is 17.0.